The van der Waals surface area contributed by atoms with E-state index < -0.39 is 0 Å². The van der Waals surface area contributed by atoms with E-state index in [9.17, 15) is 0 Å². The minimum Gasteiger partial charge on any atom is -0.492 e. The number of para-hydroxylation sites is 1. The van der Waals surface area contributed by atoms with E-state index in [1.54, 1.807) is 0 Å². The van der Waals surface area contributed by atoms with E-state index >= 15 is 0 Å². The third-order valence-corrected chi connectivity index (χ3v) is 2.08. The van der Waals surface area contributed by atoms with Crippen molar-refractivity contribution in [2.24, 2.45) is 4.99 Å². The number of nitrogens with one attached hydrogen (secondary N) is 2. The molecule has 0 unspecified atom stereocenters. The van der Waals surface area contributed by atoms with Crippen LogP contribution < -0.4 is 15.4 Å². The molecule has 0 atom stereocenters. The minimum atomic E-state index is 0.644. The van der Waals surface area contributed by atoms with Gasteiger partial charge in [0.2, 0.25) is 0 Å². The molecule has 1 heterocycles. The van der Waals surface area contributed by atoms with Gasteiger partial charge in [0.15, 0.2) is 5.96 Å². The van der Waals surface area contributed by atoms with Crippen LogP contribution in [0, 0.1) is 0 Å². The molecule has 80 valence electrons. The molecule has 1 aliphatic rings. The summed E-state index contributed by atoms with van der Waals surface area (Å²) in [6, 6.07) is 9.80. The predicted molar refractivity (Wildman–Crippen MR) is 60.2 cm³/mol. The van der Waals surface area contributed by atoms with Crippen molar-refractivity contribution in [1.29, 1.82) is 0 Å². The Labute approximate surface area is 89.4 Å². The largest absolute Gasteiger partial charge is 0.492 e. The molecule has 15 heavy (non-hydrogen) atoms. The number of rotatable bonds is 4. The molecule has 0 aromatic heterocycles. The Morgan fingerprint density at radius 1 is 1.33 bits per heavy atom. The van der Waals surface area contributed by atoms with E-state index in [1.165, 1.54) is 0 Å². The quantitative estimate of drug-likeness (QED) is 0.708. The van der Waals surface area contributed by atoms with Crippen molar-refractivity contribution in [3.63, 3.8) is 0 Å². The van der Waals surface area contributed by atoms with Crippen LogP contribution in [-0.4, -0.2) is 32.2 Å². The number of ether oxygens (including phenoxy) is 1. The average Bonchev–Trinajstić information content (AvgIpc) is 2.79. The summed E-state index contributed by atoms with van der Waals surface area (Å²) in [5.41, 5.74) is 0. The van der Waals surface area contributed by atoms with E-state index in [-0.39, 0.29) is 0 Å². The number of hydrogen-bond donors (Lipinski definition) is 2. The van der Waals surface area contributed by atoms with Crippen LogP contribution >= 0.6 is 0 Å². The van der Waals surface area contributed by atoms with Crippen molar-refractivity contribution in [1.82, 2.24) is 10.6 Å². The van der Waals surface area contributed by atoms with Crippen molar-refractivity contribution >= 4 is 5.96 Å². The van der Waals surface area contributed by atoms with Crippen molar-refractivity contribution in [2.45, 2.75) is 0 Å². The van der Waals surface area contributed by atoms with Crippen LogP contribution in [0.15, 0.2) is 35.3 Å². The molecule has 1 aromatic carbocycles. The van der Waals surface area contributed by atoms with Crippen LogP contribution in [0.5, 0.6) is 5.75 Å². The molecule has 1 aromatic rings. The maximum atomic E-state index is 5.52. The molecule has 4 heteroatoms. The molecule has 0 radical (unpaired) electrons. The number of hydrogen-bond acceptors (Lipinski definition) is 4. The van der Waals surface area contributed by atoms with E-state index in [0.29, 0.717) is 6.61 Å². The third-order valence-electron chi connectivity index (χ3n) is 2.08. The summed E-state index contributed by atoms with van der Waals surface area (Å²) in [5.74, 6) is 1.78. The molecule has 0 bridgehead atoms. The van der Waals surface area contributed by atoms with Gasteiger partial charge in [0, 0.05) is 6.54 Å². The van der Waals surface area contributed by atoms with Gasteiger partial charge in [0.1, 0.15) is 12.4 Å². The van der Waals surface area contributed by atoms with Gasteiger partial charge in [-0.25, -0.2) is 0 Å². The summed E-state index contributed by atoms with van der Waals surface area (Å²) >= 11 is 0. The molecule has 0 spiro atoms. The Kier molecular flexibility index (Phi) is 3.43. The van der Waals surface area contributed by atoms with E-state index in [2.05, 4.69) is 15.6 Å². The second kappa shape index (κ2) is 5.24. The average molecular weight is 205 g/mol. The molecule has 4 nitrogen and oxygen atoms in total. The van der Waals surface area contributed by atoms with Crippen LogP contribution in [0.25, 0.3) is 0 Å². The molecule has 0 fully saturated rings. The van der Waals surface area contributed by atoms with Gasteiger partial charge in [-0.1, -0.05) is 18.2 Å². The zero-order chi connectivity index (χ0) is 10.3. The number of aliphatic imine (C=N–C) groups is 1. The summed E-state index contributed by atoms with van der Waals surface area (Å²) in [5, 5.41) is 6.30. The first-order valence-corrected chi connectivity index (χ1v) is 5.15. The van der Waals surface area contributed by atoms with Crippen molar-refractivity contribution in [2.75, 3.05) is 26.2 Å². The monoisotopic (exact) mass is 205 g/mol. The number of nitrogens with zero attached hydrogens (tertiary/aromatic N) is 1. The lowest BCUT2D eigenvalue weighted by molar-refractivity contribution is 0.322. The predicted octanol–water partition coefficient (Wildman–Crippen LogP) is 0.614. The molecule has 0 aliphatic carbocycles. The van der Waals surface area contributed by atoms with Crippen molar-refractivity contribution in [3.8, 4) is 5.75 Å². The zero-order valence-corrected chi connectivity index (χ0v) is 8.57. The lowest BCUT2D eigenvalue weighted by atomic mass is 10.3. The van der Waals surface area contributed by atoms with Gasteiger partial charge in [-0.2, -0.15) is 0 Å². The van der Waals surface area contributed by atoms with Crippen LogP contribution in [0.3, 0.4) is 0 Å². The fourth-order valence-corrected chi connectivity index (χ4v) is 1.37. The Balaban J connectivity index is 1.63. The Hall–Kier alpha value is -1.71. The smallest absolute Gasteiger partial charge is 0.191 e. The van der Waals surface area contributed by atoms with Gasteiger partial charge in [-0.05, 0) is 12.1 Å². The Bertz CT molecular complexity index is 324. The van der Waals surface area contributed by atoms with Crippen LogP contribution in [0.4, 0.5) is 0 Å². The second-order valence-corrected chi connectivity index (χ2v) is 3.25. The van der Waals surface area contributed by atoms with Gasteiger partial charge in [0.05, 0.1) is 13.1 Å². The van der Waals surface area contributed by atoms with Gasteiger partial charge in [0.25, 0.3) is 0 Å². The zero-order valence-electron chi connectivity index (χ0n) is 8.57. The van der Waals surface area contributed by atoms with E-state index in [4.69, 9.17) is 4.74 Å². The van der Waals surface area contributed by atoms with Crippen LogP contribution in [0.2, 0.25) is 0 Å². The van der Waals surface area contributed by atoms with E-state index in [0.717, 1.165) is 31.3 Å². The summed E-state index contributed by atoms with van der Waals surface area (Å²) in [4.78, 5) is 4.22. The Morgan fingerprint density at radius 2 is 2.20 bits per heavy atom. The molecule has 2 rings (SSSR count). The summed E-state index contributed by atoms with van der Waals surface area (Å²) in [6.07, 6.45) is 0. The maximum Gasteiger partial charge on any atom is 0.191 e. The van der Waals surface area contributed by atoms with Crippen LogP contribution in [-0.2, 0) is 0 Å². The molecule has 1 aliphatic heterocycles. The first-order chi connectivity index (χ1) is 7.45. The number of benzene rings is 1. The fraction of sp³-hybridized carbons (Fsp3) is 0.364. The summed E-state index contributed by atoms with van der Waals surface area (Å²) in [7, 11) is 0. The molecular weight excluding hydrogens is 190 g/mol. The highest BCUT2D eigenvalue weighted by Gasteiger charge is 2.02. The molecule has 2 N–H and O–H groups in total. The summed E-state index contributed by atoms with van der Waals surface area (Å²) in [6.45, 7) is 3.20. The first kappa shape index (κ1) is 9.83. The van der Waals surface area contributed by atoms with Crippen molar-refractivity contribution < 1.29 is 4.74 Å². The topological polar surface area (TPSA) is 45.6 Å². The first-order valence-electron chi connectivity index (χ1n) is 5.15. The highest BCUT2D eigenvalue weighted by atomic mass is 16.5. The van der Waals surface area contributed by atoms with Crippen LogP contribution in [0.1, 0.15) is 0 Å². The SMILES string of the molecule is c1ccc(OCCNC2=NCCN2)cc1. The minimum absolute atomic E-state index is 0.644. The van der Waals surface area contributed by atoms with E-state index in [1.807, 2.05) is 30.3 Å². The van der Waals surface area contributed by atoms with Gasteiger partial charge in [-0.3, -0.25) is 4.99 Å². The second-order valence-electron chi connectivity index (χ2n) is 3.25. The molecular formula is C11H15N3O. The highest BCUT2D eigenvalue weighted by Crippen LogP contribution is 2.07. The van der Waals surface area contributed by atoms with Gasteiger partial charge >= 0.3 is 0 Å². The van der Waals surface area contributed by atoms with Gasteiger partial charge < -0.3 is 15.4 Å². The molecule has 0 saturated heterocycles. The fourth-order valence-electron chi connectivity index (χ4n) is 1.37. The highest BCUT2D eigenvalue weighted by molar-refractivity contribution is 5.81. The summed E-state index contributed by atoms with van der Waals surface area (Å²) < 4.78 is 5.52. The molecule has 0 amide bonds. The lowest BCUT2D eigenvalue weighted by Crippen LogP contribution is -2.36. The Morgan fingerprint density at radius 3 is 2.93 bits per heavy atom. The molecule has 0 saturated carbocycles. The standard InChI is InChI=1S/C11H15N3O/c1-2-4-10(5-3-1)15-9-8-14-11-12-6-7-13-11/h1-5H,6-9H2,(H2,12,13,14). The lowest BCUT2D eigenvalue weighted by Gasteiger charge is -2.08. The van der Waals surface area contributed by atoms with Gasteiger partial charge in [-0.15, -0.1) is 0 Å². The number of guanidine groups is 1. The van der Waals surface area contributed by atoms with Crippen molar-refractivity contribution in [3.05, 3.63) is 30.3 Å². The normalized spacial score (nSPS) is 14.3. The third kappa shape index (κ3) is 3.16. The maximum absolute atomic E-state index is 5.52.